The van der Waals surface area contributed by atoms with Crippen molar-refractivity contribution in [1.82, 2.24) is 0 Å². The third-order valence-electron chi connectivity index (χ3n) is 2.28. The van der Waals surface area contributed by atoms with Gasteiger partial charge < -0.3 is 4.74 Å². The number of rotatable bonds is 1. The summed E-state index contributed by atoms with van der Waals surface area (Å²) in [4.78, 5) is 10.8. The van der Waals surface area contributed by atoms with E-state index in [4.69, 9.17) is 4.74 Å². The van der Waals surface area contributed by atoms with Crippen molar-refractivity contribution in [2.24, 2.45) is 0 Å². The predicted molar refractivity (Wildman–Crippen MR) is 57.9 cm³/mol. The summed E-state index contributed by atoms with van der Waals surface area (Å²) < 4.78 is 6.65. The molecule has 1 aromatic carbocycles. The van der Waals surface area contributed by atoms with Crippen LogP contribution in [0.3, 0.4) is 0 Å². The van der Waals surface area contributed by atoms with Crippen LogP contribution in [0, 0.1) is 0 Å². The summed E-state index contributed by atoms with van der Waals surface area (Å²) in [6, 6.07) is 3.80. The van der Waals surface area contributed by atoms with Crippen molar-refractivity contribution in [3.05, 3.63) is 27.7 Å². The second kappa shape index (κ2) is 3.09. The summed E-state index contributed by atoms with van der Waals surface area (Å²) >= 11 is 3.38. The van der Waals surface area contributed by atoms with Crippen LogP contribution >= 0.6 is 15.9 Å². The van der Waals surface area contributed by atoms with Crippen molar-refractivity contribution in [2.75, 3.05) is 0 Å². The zero-order valence-corrected chi connectivity index (χ0v) is 9.72. The van der Waals surface area contributed by atoms with Crippen LogP contribution in [-0.4, -0.2) is 11.9 Å². The van der Waals surface area contributed by atoms with E-state index in [9.17, 15) is 4.79 Å². The fourth-order valence-corrected chi connectivity index (χ4v) is 2.31. The molecule has 0 fully saturated rings. The molecule has 2 rings (SSSR count). The molecule has 1 heterocycles. The largest absolute Gasteiger partial charge is 0.486 e. The Morgan fingerprint density at radius 2 is 2.21 bits per heavy atom. The molecule has 0 aliphatic carbocycles. The molecule has 0 atom stereocenters. The highest BCUT2D eigenvalue weighted by Gasteiger charge is 2.31. The highest BCUT2D eigenvalue weighted by molar-refractivity contribution is 9.10. The molecular weight excluding hydrogens is 244 g/mol. The zero-order chi connectivity index (χ0) is 10.3. The van der Waals surface area contributed by atoms with Gasteiger partial charge in [-0.1, -0.05) is 15.9 Å². The van der Waals surface area contributed by atoms with Crippen molar-refractivity contribution in [3.8, 4) is 5.75 Å². The molecule has 0 spiro atoms. The minimum atomic E-state index is -0.194. The fraction of sp³-hybridized carbons (Fsp3) is 0.364. The Morgan fingerprint density at radius 1 is 1.50 bits per heavy atom. The molecule has 0 bridgehead atoms. The lowest BCUT2D eigenvalue weighted by atomic mass is 10.0. The average Bonchev–Trinajstić information content (AvgIpc) is 2.37. The summed E-state index contributed by atoms with van der Waals surface area (Å²) in [5.74, 6) is 0.744. The average molecular weight is 255 g/mol. The lowest BCUT2D eigenvalue weighted by Crippen LogP contribution is -2.24. The van der Waals surface area contributed by atoms with Gasteiger partial charge in [0.2, 0.25) is 0 Å². The molecule has 1 aliphatic heterocycles. The molecule has 3 heteroatoms. The first-order valence-electron chi connectivity index (χ1n) is 4.48. The molecular formula is C11H11BrO2. The van der Waals surface area contributed by atoms with E-state index in [0.29, 0.717) is 5.56 Å². The van der Waals surface area contributed by atoms with E-state index in [2.05, 4.69) is 15.9 Å². The number of carbonyl (C=O) groups is 1. The van der Waals surface area contributed by atoms with Gasteiger partial charge in [-0.25, -0.2) is 0 Å². The van der Waals surface area contributed by atoms with Gasteiger partial charge in [-0.2, -0.15) is 0 Å². The number of ether oxygens (including phenoxy) is 1. The minimum absolute atomic E-state index is 0.194. The summed E-state index contributed by atoms with van der Waals surface area (Å²) in [5, 5.41) is 0. The predicted octanol–water partition coefficient (Wildman–Crippen LogP) is 2.98. The quantitative estimate of drug-likeness (QED) is 0.721. The highest BCUT2D eigenvalue weighted by atomic mass is 79.9. The monoisotopic (exact) mass is 254 g/mol. The number of hydrogen-bond acceptors (Lipinski definition) is 2. The van der Waals surface area contributed by atoms with Crippen molar-refractivity contribution >= 4 is 22.2 Å². The van der Waals surface area contributed by atoms with E-state index >= 15 is 0 Å². The van der Waals surface area contributed by atoms with Crippen LogP contribution in [0.1, 0.15) is 29.8 Å². The maximum atomic E-state index is 10.8. The molecule has 0 amide bonds. The zero-order valence-electron chi connectivity index (χ0n) is 8.13. The van der Waals surface area contributed by atoms with E-state index in [0.717, 1.165) is 28.5 Å². The maximum absolute atomic E-state index is 10.8. The van der Waals surface area contributed by atoms with E-state index < -0.39 is 0 Å². The number of carbonyl (C=O) groups excluding carboxylic acids is 1. The first-order valence-corrected chi connectivity index (χ1v) is 5.28. The first-order chi connectivity index (χ1) is 6.52. The Bertz CT molecular complexity index is 397. The van der Waals surface area contributed by atoms with Gasteiger partial charge in [0.1, 0.15) is 11.4 Å². The van der Waals surface area contributed by atoms with Gasteiger partial charge >= 0.3 is 0 Å². The normalized spacial score (nSPS) is 17.4. The van der Waals surface area contributed by atoms with Gasteiger partial charge in [-0.3, -0.25) is 4.79 Å². The molecule has 0 unspecified atom stereocenters. The Morgan fingerprint density at radius 3 is 2.86 bits per heavy atom. The molecule has 0 saturated carbocycles. The van der Waals surface area contributed by atoms with Gasteiger partial charge in [-0.15, -0.1) is 0 Å². The van der Waals surface area contributed by atoms with E-state index in [1.807, 2.05) is 19.9 Å². The number of hydrogen-bond donors (Lipinski definition) is 0. The number of halogens is 1. The van der Waals surface area contributed by atoms with Crippen LogP contribution in [0.4, 0.5) is 0 Å². The molecule has 2 nitrogen and oxygen atoms in total. The molecule has 0 saturated heterocycles. The van der Waals surface area contributed by atoms with Crippen molar-refractivity contribution in [2.45, 2.75) is 25.9 Å². The van der Waals surface area contributed by atoms with E-state index in [-0.39, 0.29) is 5.60 Å². The summed E-state index contributed by atoms with van der Waals surface area (Å²) in [6.07, 6.45) is 1.69. The van der Waals surface area contributed by atoms with Crippen molar-refractivity contribution in [3.63, 3.8) is 0 Å². The second-order valence-electron chi connectivity index (χ2n) is 4.14. The summed E-state index contributed by atoms with van der Waals surface area (Å²) in [6.45, 7) is 4.05. The SMILES string of the molecule is CC1(C)Cc2cc(Br)cc(C=O)c2O1. The third kappa shape index (κ3) is 1.57. The molecule has 74 valence electrons. The Hall–Kier alpha value is -0.830. The maximum Gasteiger partial charge on any atom is 0.153 e. The van der Waals surface area contributed by atoms with Gasteiger partial charge in [0.15, 0.2) is 6.29 Å². The molecule has 0 aromatic heterocycles. The summed E-state index contributed by atoms with van der Waals surface area (Å²) in [5.41, 5.74) is 1.53. The Labute approximate surface area is 91.4 Å². The van der Waals surface area contributed by atoms with Crippen LogP contribution < -0.4 is 4.74 Å². The minimum Gasteiger partial charge on any atom is -0.486 e. The van der Waals surface area contributed by atoms with Gasteiger partial charge in [-0.05, 0) is 31.5 Å². The molecule has 14 heavy (non-hydrogen) atoms. The van der Waals surface area contributed by atoms with Gasteiger partial charge in [0.25, 0.3) is 0 Å². The third-order valence-corrected chi connectivity index (χ3v) is 2.74. The molecule has 0 N–H and O–H groups in total. The van der Waals surface area contributed by atoms with Gasteiger partial charge in [0.05, 0.1) is 5.56 Å². The lowest BCUT2D eigenvalue weighted by molar-refractivity contribution is 0.110. The van der Waals surface area contributed by atoms with Crippen molar-refractivity contribution < 1.29 is 9.53 Å². The van der Waals surface area contributed by atoms with Crippen LogP contribution in [0.15, 0.2) is 16.6 Å². The van der Waals surface area contributed by atoms with Crippen molar-refractivity contribution in [1.29, 1.82) is 0 Å². The lowest BCUT2D eigenvalue weighted by Gasteiger charge is -2.17. The number of aldehydes is 1. The Balaban J connectivity index is 2.56. The van der Waals surface area contributed by atoms with Gasteiger partial charge in [0, 0.05) is 10.9 Å². The second-order valence-corrected chi connectivity index (χ2v) is 5.06. The van der Waals surface area contributed by atoms with Crippen LogP contribution in [-0.2, 0) is 6.42 Å². The van der Waals surface area contributed by atoms with E-state index in [1.54, 1.807) is 6.07 Å². The molecule has 1 aromatic rings. The van der Waals surface area contributed by atoms with E-state index in [1.165, 1.54) is 0 Å². The molecule has 0 radical (unpaired) electrons. The molecule has 1 aliphatic rings. The number of fused-ring (bicyclic) bond motifs is 1. The van der Waals surface area contributed by atoms with Crippen LogP contribution in [0.5, 0.6) is 5.75 Å². The standard InChI is InChI=1S/C11H11BrO2/c1-11(2)5-7-3-9(12)4-8(6-13)10(7)14-11/h3-4,6H,5H2,1-2H3. The van der Waals surface area contributed by atoms with Crippen LogP contribution in [0.25, 0.3) is 0 Å². The first kappa shape index (κ1) is 9.71. The fourth-order valence-electron chi connectivity index (χ4n) is 1.79. The highest BCUT2D eigenvalue weighted by Crippen LogP contribution is 2.38. The van der Waals surface area contributed by atoms with Crippen LogP contribution in [0.2, 0.25) is 0 Å². The Kier molecular flexibility index (Phi) is 2.14. The number of benzene rings is 1. The summed E-state index contributed by atoms with van der Waals surface area (Å²) in [7, 11) is 0. The topological polar surface area (TPSA) is 26.3 Å². The smallest absolute Gasteiger partial charge is 0.153 e.